The van der Waals surface area contributed by atoms with E-state index in [9.17, 15) is 4.79 Å². The molecule has 0 fully saturated rings. The predicted octanol–water partition coefficient (Wildman–Crippen LogP) is 3.49. The largest absolute Gasteiger partial charge is 0.338 e. The molecule has 0 aliphatic heterocycles. The number of hydrogen-bond donors (Lipinski definition) is 2. The molecule has 0 spiro atoms. The number of aromatic nitrogens is 2. The quantitative estimate of drug-likeness (QED) is 0.683. The minimum atomic E-state index is -0.137. The second-order valence-corrected chi connectivity index (χ2v) is 5.81. The summed E-state index contributed by atoms with van der Waals surface area (Å²) in [5, 5.41) is 5.86. The molecule has 124 valence electrons. The van der Waals surface area contributed by atoms with Crippen molar-refractivity contribution in [2.24, 2.45) is 0 Å². The maximum Gasteiger partial charge on any atom is 0.315 e. The molecule has 2 aromatic carbocycles. The van der Waals surface area contributed by atoms with E-state index in [0.717, 1.165) is 29.6 Å². The smallest absolute Gasteiger partial charge is 0.315 e. The summed E-state index contributed by atoms with van der Waals surface area (Å²) in [5.41, 5.74) is 3.22. The van der Waals surface area contributed by atoms with Crippen molar-refractivity contribution in [2.75, 3.05) is 6.54 Å². The molecule has 1 atom stereocenters. The fourth-order valence-corrected chi connectivity index (χ4v) is 2.71. The zero-order valence-corrected chi connectivity index (χ0v) is 13.8. The number of benzene rings is 2. The van der Waals surface area contributed by atoms with Crippen molar-refractivity contribution >= 4 is 17.1 Å². The van der Waals surface area contributed by atoms with Gasteiger partial charge in [-0.05, 0) is 31.0 Å². The lowest BCUT2D eigenvalue weighted by Gasteiger charge is -2.15. The van der Waals surface area contributed by atoms with Crippen LogP contribution in [0.3, 0.4) is 0 Å². The molecular weight excluding hydrogens is 300 g/mol. The Morgan fingerprint density at radius 1 is 1.12 bits per heavy atom. The van der Waals surface area contributed by atoms with Crippen molar-refractivity contribution in [3.63, 3.8) is 0 Å². The normalized spacial score (nSPS) is 12.0. The lowest BCUT2D eigenvalue weighted by Crippen LogP contribution is -2.37. The van der Waals surface area contributed by atoms with E-state index in [1.54, 1.807) is 0 Å². The van der Waals surface area contributed by atoms with Gasteiger partial charge in [0.25, 0.3) is 0 Å². The number of nitrogens with one attached hydrogen (secondary N) is 2. The van der Waals surface area contributed by atoms with E-state index in [2.05, 4.69) is 26.3 Å². The highest BCUT2D eigenvalue weighted by Gasteiger charge is 2.08. The molecule has 5 heteroatoms. The first-order chi connectivity index (χ1) is 11.7. The lowest BCUT2D eigenvalue weighted by molar-refractivity contribution is 0.237. The summed E-state index contributed by atoms with van der Waals surface area (Å²) < 4.78 is 2.11. The first-order valence-electron chi connectivity index (χ1n) is 8.23. The van der Waals surface area contributed by atoms with Crippen LogP contribution in [-0.4, -0.2) is 22.1 Å². The van der Waals surface area contributed by atoms with Crippen LogP contribution in [0.5, 0.6) is 0 Å². The Morgan fingerprint density at radius 2 is 1.88 bits per heavy atom. The van der Waals surface area contributed by atoms with Gasteiger partial charge in [-0.25, -0.2) is 9.78 Å². The number of para-hydroxylation sites is 2. The minimum absolute atomic E-state index is 0.0104. The predicted molar refractivity (Wildman–Crippen MR) is 95.7 cm³/mol. The molecule has 2 N–H and O–H groups in total. The average Bonchev–Trinajstić information content (AvgIpc) is 3.03. The fraction of sp³-hybridized carbons (Fsp3) is 0.263. The Kier molecular flexibility index (Phi) is 5.11. The zero-order valence-electron chi connectivity index (χ0n) is 13.8. The summed E-state index contributed by atoms with van der Waals surface area (Å²) >= 11 is 0. The van der Waals surface area contributed by atoms with Gasteiger partial charge in [-0.3, -0.25) is 0 Å². The molecule has 0 saturated carbocycles. The van der Waals surface area contributed by atoms with Gasteiger partial charge in [0, 0.05) is 13.1 Å². The third-order valence-corrected chi connectivity index (χ3v) is 4.04. The molecular formula is C19H22N4O. The van der Waals surface area contributed by atoms with Crippen molar-refractivity contribution in [1.82, 2.24) is 20.2 Å². The van der Waals surface area contributed by atoms with Crippen LogP contribution in [0.2, 0.25) is 0 Å². The van der Waals surface area contributed by atoms with Crippen molar-refractivity contribution < 1.29 is 4.79 Å². The molecule has 3 aromatic rings. The van der Waals surface area contributed by atoms with Gasteiger partial charge in [0.05, 0.1) is 23.4 Å². The Hall–Kier alpha value is -2.82. The average molecular weight is 322 g/mol. The molecule has 5 nitrogen and oxygen atoms in total. The van der Waals surface area contributed by atoms with Gasteiger partial charge < -0.3 is 15.2 Å². The number of hydrogen-bond acceptors (Lipinski definition) is 2. The maximum absolute atomic E-state index is 12.0. The van der Waals surface area contributed by atoms with Gasteiger partial charge in [-0.1, -0.05) is 42.5 Å². The standard InChI is InChI=1S/C19H22N4O/c1-15(16-8-3-2-4-9-16)22-19(24)20-12-7-13-23-14-21-17-10-5-6-11-18(17)23/h2-6,8-11,14-15H,7,12-13H2,1H3,(H2,20,22,24)/t15-/m1/s1. The summed E-state index contributed by atoms with van der Waals surface area (Å²) in [5.74, 6) is 0. The van der Waals surface area contributed by atoms with E-state index >= 15 is 0 Å². The van der Waals surface area contributed by atoms with Crippen LogP contribution in [0.1, 0.15) is 24.9 Å². The first-order valence-corrected chi connectivity index (χ1v) is 8.23. The summed E-state index contributed by atoms with van der Waals surface area (Å²) in [6, 6.07) is 17.8. The van der Waals surface area contributed by atoms with E-state index in [4.69, 9.17) is 0 Å². The molecule has 1 heterocycles. The molecule has 0 saturated heterocycles. The van der Waals surface area contributed by atoms with E-state index < -0.39 is 0 Å². The van der Waals surface area contributed by atoms with Crippen LogP contribution < -0.4 is 10.6 Å². The van der Waals surface area contributed by atoms with Gasteiger partial charge in [0.1, 0.15) is 0 Å². The molecule has 0 aliphatic rings. The Labute approximate surface area is 141 Å². The highest BCUT2D eigenvalue weighted by atomic mass is 16.2. The van der Waals surface area contributed by atoms with E-state index in [-0.39, 0.29) is 12.1 Å². The van der Waals surface area contributed by atoms with E-state index in [1.807, 2.05) is 61.8 Å². The number of nitrogens with zero attached hydrogens (tertiary/aromatic N) is 2. The third-order valence-electron chi connectivity index (χ3n) is 4.04. The van der Waals surface area contributed by atoms with Crippen molar-refractivity contribution in [2.45, 2.75) is 25.9 Å². The van der Waals surface area contributed by atoms with Gasteiger partial charge in [-0.2, -0.15) is 0 Å². The van der Waals surface area contributed by atoms with E-state index in [0.29, 0.717) is 6.54 Å². The number of amides is 2. The number of fused-ring (bicyclic) bond motifs is 1. The van der Waals surface area contributed by atoms with Gasteiger partial charge in [-0.15, -0.1) is 0 Å². The van der Waals surface area contributed by atoms with Crippen LogP contribution in [0, 0.1) is 0 Å². The maximum atomic E-state index is 12.0. The Balaban J connectivity index is 1.42. The monoisotopic (exact) mass is 322 g/mol. The Bertz CT molecular complexity index is 797. The molecule has 0 aliphatic carbocycles. The number of carbonyl (C=O) groups excluding carboxylic acids is 1. The van der Waals surface area contributed by atoms with Crippen molar-refractivity contribution in [3.8, 4) is 0 Å². The molecule has 1 aromatic heterocycles. The number of urea groups is 1. The number of carbonyl (C=O) groups is 1. The fourth-order valence-electron chi connectivity index (χ4n) is 2.71. The molecule has 24 heavy (non-hydrogen) atoms. The van der Waals surface area contributed by atoms with Crippen LogP contribution in [0.15, 0.2) is 60.9 Å². The van der Waals surface area contributed by atoms with Gasteiger partial charge >= 0.3 is 6.03 Å². The molecule has 0 bridgehead atoms. The second kappa shape index (κ2) is 7.64. The van der Waals surface area contributed by atoms with Crippen molar-refractivity contribution in [3.05, 3.63) is 66.5 Å². The second-order valence-electron chi connectivity index (χ2n) is 5.81. The number of rotatable bonds is 6. The first kappa shape index (κ1) is 16.1. The van der Waals surface area contributed by atoms with Crippen LogP contribution in [0.25, 0.3) is 11.0 Å². The number of imidazole rings is 1. The van der Waals surface area contributed by atoms with Crippen LogP contribution in [-0.2, 0) is 6.54 Å². The van der Waals surface area contributed by atoms with E-state index in [1.165, 1.54) is 0 Å². The lowest BCUT2D eigenvalue weighted by atomic mass is 10.1. The highest BCUT2D eigenvalue weighted by Crippen LogP contribution is 2.12. The van der Waals surface area contributed by atoms with Gasteiger partial charge in [0.2, 0.25) is 0 Å². The molecule has 3 rings (SSSR count). The topological polar surface area (TPSA) is 59.0 Å². The minimum Gasteiger partial charge on any atom is -0.338 e. The SMILES string of the molecule is C[C@@H](NC(=O)NCCCn1cnc2ccccc21)c1ccccc1. The van der Waals surface area contributed by atoms with Crippen LogP contribution in [0.4, 0.5) is 4.79 Å². The van der Waals surface area contributed by atoms with Crippen molar-refractivity contribution in [1.29, 1.82) is 0 Å². The molecule has 0 unspecified atom stereocenters. The summed E-state index contributed by atoms with van der Waals surface area (Å²) in [7, 11) is 0. The Morgan fingerprint density at radius 3 is 2.71 bits per heavy atom. The van der Waals surface area contributed by atoms with Crippen LogP contribution >= 0.6 is 0 Å². The molecule has 2 amide bonds. The zero-order chi connectivity index (χ0) is 16.8. The highest BCUT2D eigenvalue weighted by molar-refractivity contribution is 5.75. The summed E-state index contributed by atoms with van der Waals surface area (Å²) in [6.07, 6.45) is 2.70. The third kappa shape index (κ3) is 3.93. The number of aryl methyl sites for hydroxylation is 1. The summed E-state index contributed by atoms with van der Waals surface area (Å²) in [4.78, 5) is 16.3. The molecule has 0 radical (unpaired) electrons. The van der Waals surface area contributed by atoms with Gasteiger partial charge in [0.15, 0.2) is 0 Å². The summed E-state index contributed by atoms with van der Waals surface area (Å²) in [6.45, 7) is 3.43.